The molecule has 2 nitrogen and oxygen atoms in total. The van der Waals surface area contributed by atoms with Gasteiger partial charge in [-0.25, -0.2) is 0 Å². The standard InChI is InChI=1S/C14H24O2/c1-3-5-10-13(15)14(16-4-2)11-8-6-7-9-12-14/h3H,1,4-12H2,2H3. The number of ether oxygens (including phenoxy) is 1. The van der Waals surface area contributed by atoms with Crippen molar-refractivity contribution < 1.29 is 9.53 Å². The van der Waals surface area contributed by atoms with Crippen LogP contribution in [-0.4, -0.2) is 18.0 Å². The Hall–Kier alpha value is -0.630. The lowest BCUT2D eigenvalue weighted by Gasteiger charge is -2.31. The fourth-order valence-electron chi connectivity index (χ4n) is 2.54. The summed E-state index contributed by atoms with van der Waals surface area (Å²) >= 11 is 0. The summed E-state index contributed by atoms with van der Waals surface area (Å²) in [4.78, 5) is 12.2. The Balaban J connectivity index is 2.67. The van der Waals surface area contributed by atoms with Crippen LogP contribution < -0.4 is 0 Å². The highest BCUT2D eigenvalue weighted by molar-refractivity contribution is 5.87. The van der Waals surface area contributed by atoms with Gasteiger partial charge in [-0.3, -0.25) is 4.79 Å². The molecule has 16 heavy (non-hydrogen) atoms. The topological polar surface area (TPSA) is 26.3 Å². The number of Topliss-reactive ketones (excluding diaryl/α,β-unsaturated/α-hetero) is 1. The summed E-state index contributed by atoms with van der Waals surface area (Å²) in [6, 6.07) is 0. The molecule has 92 valence electrons. The molecule has 1 aliphatic rings. The minimum atomic E-state index is -0.464. The second-order valence-corrected chi connectivity index (χ2v) is 4.59. The molecule has 0 atom stereocenters. The van der Waals surface area contributed by atoms with Crippen LogP contribution in [0.4, 0.5) is 0 Å². The highest BCUT2D eigenvalue weighted by Gasteiger charge is 2.38. The van der Waals surface area contributed by atoms with Crippen LogP contribution in [0.2, 0.25) is 0 Å². The summed E-state index contributed by atoms with van der Waals surface area (Å²) in [6.07, 6.45) is 9.73. The van der Waals surface area contributed by atoms with E-state index in [4.69, 9.17) is 4.74 Å². The molecule has 0 radical (unpaired) electrons. The van der Waals surface area contributed by atoms with Crippen LogP contribution in [0.3, 0.4) is 0 Å². The lowest BCUT2D eigenvalue weighted by molar-refractivity contribution is -0.146. The molecule has 1 aliphatic carbocycles. The number of allylic oxidation sites excluding steroid dienone is 1. The van der Waals surface area contributed by atoms with Crippen molar-refractivity contribution in [2.75, 3.05) is 6.61 Å². The maximum atomic E-state index is 12.2. The van der Waals surface area contributed by atoms with E-state index in [1.807, 2.05) is 13.0 Å². The lowest BCUT2D eigenvalue weighted by Crippen LogP contribution is -2.41. The number of rotatable bonds is 6. The van der Waals surface area contributed by atoms with Crippen LogP contribution in [0.25, 0.3) is 0 Å². The molecular formula is C14H24O2. The minimum Gasteiger partial charge on any atom is -0.368 e. The van der Waals surface area contributed by atoms with Gasteiger partial charge in [-0.2, -0.15) is 0 Å². The van der Waals surface area contributed by atoms with Crippen molar-refractivity contribution >= 4 is 5.78 Å². The van der Waals surface area contributed by atoms with E-state index in [0.29, 0.717) is 13.0 Å². The summed E-state index contributed by atoms with van der Waals surface area (Å²) in [5.41, 5.74) is -0.464. The van der Waals surface area contributed by atoms with E-state index >= 15 is 0 Å². The molecule has 0 unspecified atom stereocenters. The van der Waals surface area contributed by atoms with E-state index in [0.717, 1.165) is 32.1 Å². The first kappa shape index (κ1) is 13.4. The first-order chi connectivity index (χ1) is 7.75. The zero-order chi connectivity index (χ0) is 11.9. The van der Waals surface area contributed by atoms with Gasteiger partial charge < -0.3 is 4.74 Å². The van der Waals surface area contributed by atoms with Crippen molar-refractivity contribution in [2.45, 2.75) is 63.9 Å². The molecule has 1 fully saturated rings. The second-order valence-electron chi connectivity index (χ2n) is 4.59. The van der Waals surface area contributed by atoms with Crippen molar-refractivity contribution in [1.29, 1.82) is 0 Å². The van der Waals surface area contributed by atoms with Crippen molar-refractivity contribution in [2.24, 2.45) is 0 Å². The Labute approximate surface area is 99.1 Å². The fourth-order valence-corrected chi connectivity index (χ4v) is 2.54. The van der Waals surface area contributed by atoms with Crippen molar-refractivity contribution in [3.63, 3.8) is 0 Å². The second kappa shape index (κ2) is 6.85. The molecular weight excluding hydrogens is 200 g/mol. The lowest BCUT2D eigenvalue weighted by atomic mass is 9.87. The number of carbonyl (C=O) groups excluding carboxylic acids is 1. The van der Waals surface area contributed by atoms with Crippen LogP contribution in [0.15, 0.2) is 12.7 Å². The number of ketones is 1. The quantitative estimate of drug-likeness (QED) is 0.508. The molecule has 0 spiro atoms. The Morgan fingerprint density at radius 3 is 2.44 bits per heavy atom. The van der Waals surface area contributed by atoms with Gasteiger partial charge in [0, 0.05) is 13.0 Å². The molecule has 0 aromatic heterocycles. The summed E-state index contributed by atoms with van der Waals surface area (Å²) < 4.78 is 5.83. The maximum Gasteiger partial charge on any atom is 0.164 e. The molecule has 0 aromatic rings. The summed E-state index contributed by atoms with van der Waals surface area (Å²) in [6.45, 7) is 6.29. The molecule has 0 saturated heterocycles. The van der Waals surface area contributed by atoms with Crippen LogP contribution >= 0.6 is 0 Å². The zero-order valence-corrected chi connectivity index (χ0v) is 10.5. The van der Waals surface area contributed by atoms with Gasteiger partial charge in [0.2, 0.25) is 0 Å². The normalized spacial score (nSPS) is 20.1. The van der Waals surface area contributed by atoms with Gasteiger partial charge in [-0.1, -0.05) is 31.8 Å². The highest BCUT2D eigenvalue weighted by atomic mass is 16.5. The average molecular weight is 224 g/mol. The Bertz CT molecular complexity index is 225. The van der Waals surface area contributed by atoms with Gasteiger partial charge in [0.25, 0.3) is 0 Å². The Morgan fingerprint density at radius 1 is 1.31 bits per heavy atom. The third-order valence-electron chi connectivity index (χ3n) is 3.42. The summed E-state index contributed by atoms with van der Waals surface area (Å²) in [5.74, 6) is 0.288. The molecule has 1 saturated carbocycles. The number of carbonyl (C=O) groups is 1. The highest BCUT2D eigenvalue weighted by Crippen LogP contribution is 2.32. The van der Waals surface area contributed by atoms with E-state index in [2.05, 4.69) is 6.58 Å². The van der Waals surface area contributed by atoms with Crippen LogP contribution in [0.5, 0.6) is 0 Å². The molecule has 0 aromatic carbocycles. The molecule has 0 aliphatic heterocycles. The average Bonchev–Trinajstić information content (AvgIpc) is 2.53. The molecule has 0 bridgehead atoms. The van der Waals surface area contributed by atoms with Crippen molar-refractivity contribution in [3.05, 3.63) is 12.7 Å². The minimum absolute atomic E-state index is 0.288. The van der Waals surface area contributed by atoms with Gasteiger partial charge in [-0.05, 0) is 26.2 Å². The largest absolute Gasteiger partial charge is 0.368 e. The smallest absolute Gasteiger partial charge is 0.164 e. The number of hydrogen-bond acceptors (Lipinski definition) is 2. The number of hydrogen-bond donors (Lipinski definition) is 0. The van der Waals surface area contributed by atoms with E-state index in [9.17, 15) is 4.79 Å². The predicted octanol–water partition coefficient (Wildman–Crippen LogP) is 3.65. The first-order valence-electron chi connectivity index (χ1n) is 6.53. The summed E-state index contributed by atoms with van der Waals surface area (Å²) in [5, 5.41) is 0. The van der Waals surface area contributed by atoms with Crippen LogP contribution in [0.1, 0.15) is 58.3 Å². The van der Waals surface area contributed by atoms with Crippen molar-refractivity contribution in [3.8, 4) is 0 Å². The molecule has 0 heterocycles. The SMILES string of the molecule is C=CCCC(=O)C1(OCC)CCCCCC1. The van der Waals surface area contributed by atoms with E-state index in [1.165, 1.54) is 12.8 Å². The zero-order valence-electron chi connectivity index (χ0n) is 10.5. The third-order valence-corrected chi connectivity index (χ3v) is 3.42. The molecule has 1 rings (SSSR count). The molecule has 0 amide bonds. The van der Waals surface area contributed by atoms with Gasteiger partial charge >= 0.3 is 0 Å². The van der Waals surface area contributed by atoms with Gasteiger partial charge in [0.1, 0.15) is 5.60 Å². The van der Waals surface area contributed by atoms with E-state index in [1.54, 1.807) is 0 Å². The molecule has 0 N–H and O–H groups in total. The van der Waals surface area contributed by atoms with Gasteiger partial charge in [0.05, 0.1) is 0 Å². The fraction of sp³-hybridized carbons (Fsp3) is 0.786. The third kappa shape index (κ3) is 3.44. The van der Waals surface area contributed by atoms with E-state index < -0.39 is 5.60 Å². The first-order valence-corrected chi connectivity index (χ1v) is 6.53. The summed E-state index contributed by atoms with van der Waals surface area (Å²) in [7, 11) is 0. The Morgan fingerprint density at radius 2 is 1.94 bits per heavy atom. The Kier molecular flexibility index (Phi) is 5.75. The van der Waals surface area contributed by atoms with Gasteiger partial charge in [-0.15, -0.1) is 6.58 Å². The van der Waals surface area contributed by atoms with Gasteiger partial charge in [0.15, 0.2) is 5.78 Å². The van der Waals surface area contributed by atoms with Crippen LogP contribution in [-0.2, 0) is 9.53 Å². The monoisotopic (exact) mass is 224 g/mol. The maximum absolute atomic E-state index is 12.2. The molecule has 2 heteroatoms. The van der Waals surface area contributed by atoms with E-state index in [-0.39, 0.29) is 5.78 Å². The van der Waals surface area contributed by atoms with Crippen LogP contribution in [0, 0.1) is 0 Å². The van der Waals surface area contributed by atoms with Crippen molar-refractivity contribution in [1.82, 2.24) is 0 Å². The predicted molar refractivity (Wildman–Crippen MR) is 66.5 cm³/mol.